The van der Waals surface area contributed by atoms with E-state index in [1.807, 2.05) is 26.0 Å². The van der Waals surface area contributed by atoms with Gasteiger partial charge in [-0.3, -0.25) is 14.6 Å². The predicted molar refractivity (Wildman–Crippen MR) is 145 cm³/mol. The van der Waals surface area contributed by atoms with Crippen LogP contribution in [0.2, 0.25) is 0 Å². The van der Waals surface area contributed by atoms with Crippen LogP contribution in [0, 0.1) is 5.82 Å². The number of benzene rings is 2. The molecule has 7 nitrogen and oxygen atoms in total. The number of rotatable bonds is 8. The normalized spacial score (nSPS) is 22.5. The van der Waals surface area contributed by atoms with Crippen LogP contribution in [0.5, 0.6) is 11.5 Å². The maximum Gasteiger partial charge on any atom is 0.243 e. The number of carbonyl (C=O) groups is 2. The Hall–Kier alpha value is -3.33. The monoisotopic (exact) mass is 524 g/mol. The van der Waals surface area contributed by atoms with Crippen LogP contribution in [-0.2, 0) is 16.0 Å². The van der Waals surface area contributed by atoms with Crippen LogP contribution in [0.1, 0.15) is 38.7 Å². The number of likely N-dealkylation sites (tertiary alicyclic amines) is 1. The average molecular weight is 525 g/mol. The molecule has 0 radical (unpaired) electrons. The molecule has 9 heteroatoms. The number of thioether (sulfide) groups is 1. The number of hydrogen-bond acceptors (Lipinski definition) is 5. The fraction of sp³-hybridized carbons (Fsp3) is 0.393. The Labute approximate surface area is 221 Å². The summed E-state index contributed by atoms with van der Waals surface area (Å²) in [6.07, 6.45) is 4.50. The average Bonchev–Trinajstić information content (AvgIpc) is 3.53. The Bertz CT molecular complexity index is 1180. The molecule has 0 aliphatic carbocycles. The lowest BCUT2D eigenvalue weighted by molar-refractivity contribution is -0.139. The first kappa shape index (κ1) is 26.7. The van der Waals surface area contributed by atoms with Gasteiger partial charge in [0.2, 0.25) is 11.8 Å². The summed E-state index contributed by atoms with van der Waals surface area (Å²) in [5, 5.41) is 3.32. The van der Waals surface area contributed by atoms with Gasteiger partial charge < -0.3 is 20.7 Å². The van der Waals surface area contributed by atoms with Crippen molar-refractivity contribution < 1.29 is 18.7 Å². The summed E-state index contributed by atoms with van der Waals surface area (Å²) < 4.78 is 18.8. The molecule has 2 amide bonds. The van der Waals surface area contributed by atoms with E-state index in [0.29, 0.717) is 23.8 Å². The molecule has 2 aromatic carbocycles. The van der Waals surface area contributed by atoms with Crippen LogP contribution >= 0.6 is 11.8 Å². The van der Waals surface area contributed by atoms with Gasteiger partial charge in [0.05, 0.1) is 6.42 Å². The highest BCUT2D eigenvalue weighted by atomic mass is 32.2. The van der Waals surface area contributed by atoms with E-state index in [2.05, 4.69) is 16.4 Å². The van der Waals surface area contributed by atoms with E-state index in [-0.39, 0.29) is 41.4 Å². The third-order valence-electron chi connectivity index (χ3n) is 6.82. The second kappa shape index (κ2) is 11.8. The Morgan fingerprint density at radius 3 is 2.46 bits per heavy atom. The van der Waals surface area contributed by atoms with Crippen molar-refractivity contribution in [2.24, 2.45) is 10.7 Å². The van der Waals surface area contributed by atoms with Crippen molar-refractivity contribution in [3.05, 3.63) is 70.9 Å². The van der Waals surface area contributed by atoms with Crippen LogP contribution in [0.15, 0.2) is 64.5 Å². The summed E-state index contributed by atoms with van der Waals surface area (Å²) in [7, 11) is 1.66. The summed E-state index contributed by atoms with van der Waals surface area (Å²) in [5.74, 6) is 1.13. The molecule has 0 bridgehead atoms. The van der Waals surface area contributed by atoms with Crippen molar-refractivity contribution in [3.8, 4) is 11.5 Å². The second-order valence-corrected chi connectivity index (χ2v) is 10.8. The first-order chi connectivity index (χ1) is 17.7. The zero-order chi connectivity index (χ0) is 26.5. The highest BCUT2D eigenvalue weighted by Gasteiger charge is 2.39. The van der Waals surface area contributed by atoms with Gasteiger partial charge in [-0.15, -0.1) is 11.8 Å². The molecule has 37 heavy (non-hydrogen) atoms. The summed E-state index contributed by atoms with van der Waals surface area (Å²) >= 11 is 1.63. The fourth-order valence-electron chi connectivity index (χ4n) is 4.72. The van der Waals surface area contributed by atoms with Gasteiger partial charge >= 0.3 is 0 Å². The minimum atomic E-state index is -0.480. The lowest BCUT2D eigenvalue weighted by Crippen LogP contribution is -2.52. The van der Waals surface area contributed by atoms with Gasteiger partial charge in [-0.25, -0.2) is 4.39 Å². The van der Waals surface area contributed by atoms with Gasteiger partial charge in [0.15, 0.2) is 0 Å². The van der Waals surface area contributed by atoms with E-state index in [9.17, 15) is 14.0 Å². The molecular formula is C28H33FN4O3S. The zero-order valence-corrected chi connectivity index (χ0v) is 22.1. The van der Waals surface area contributed by atoms with Crippen LogP contribution in [0.25, 0.3) is 0 Å². The summed E-state index contributed by atoms with van der Waals surface area (Å²) in [6, 6.07) is 12.5. The summed E-state index contributed by atoms with van der Waals surface area (Å²) in [4.78, 5) is 33.2. The van der Waals surface area contributed by atoms with Crippen molar-refractivity contribution in [2.75, 3.05) is 7.05 Å². The molecule has 2 aliphatic heterocycles. The Morgan fingerprint density at radius 1 is 1.16 bits per heavy atom. The van der Waals surface area contributed by atoms with Gasteiger partial charge in [-0.1, -0.05) is 18.2 Å². The molecular weight excluding hydrogens is 491 g/mol. The highest BCUT2D eigenvalue weighted by Crippen LogP contribution is 2.34. The smallest absolute Gasteiger partial charge is 0.243 e. The lowest BCUT2D eigenvalue weighted by atomic mass is 10.1. The fourth-order valence-corrected chi connectivity index (χ4v) is 5.91. The highest BCUT2D eigenvalue weighted by molar-refractivity contribution is 8.04. The van der Waals surface area contributed by atoms with Crippen LogP contribution < -0.4 is 15.8 Å². The molecule has 2 aromatic rings. The van der Waals surface area contributed by atoms with Crippen molar-refractivity contribution in [2.45, 2.75) is 62.9 Å². The minimum absolute atomic E-state index is 0.00525. The van der Waals surface area contributed by atoms with Crippen LogP contribution in [-0.4, -0.2) is 53.0 Å². The van der Waals surface area contributed by atoms with Crippen molar-refractivity contribution >= 4 is 29.4 Å². The summed E-state index contributed by atoms with van der Waals surface area (Å²) in [6.45, 7) is 3.98. The van der Waals surface area contributed by atoms with Crippen molar-refractivity contribution in [1.29, 1.82) is 0 Å². The number of carbonyl (C=O) groups excluding carboxylic acids is 2. The number of amides is 2. The Balaban J connectivity index is 1.33. The molecule has 196 valence electrons. The van der Waals surface area contributed by atoms with E-state index < -0.39 is 6.04 Å². The number of hydrogen-bond donors (Lipinski definition) is 2. The zero-order valence-electron chi connectivity index (χ0n) is 21.3. The molecule has 0 saturated carbocycles. The molecule has 2 heterocycles. The molecule has 1 fully saturated rings. The van der Waals surface area contributed by atoms with E-state index in [0.717, 1.165) is 23.3 Å². The summed E-state index contributed by atoms with van der Waals surface area (Å²) in [5.41, 5.74) is 6.76. The van der Waals surface area contributed by atoms with E-state index in [4.69, 9.17) is 10.5 Å². The standard InChI is InChI=1S/C28H33FN4O3S/c1-17-4-13-23(28(35)32-18(2)24-14-15-25(37-24)27(30)31-3)33(17)26(34)16-19-5-9-21(10-6-19)36-22-11-7-20(29)8-12-22/h5-12,15,17-18,23-24H,4,13-14,16H2,1-3H3,(H2,30,31)(H,32,35)/t17?,18-,23?,24?/m1/s1. The van der Waals surface area contributed by atoms with Crippen molar-refractivity contribution in [1.82, 2.24) is 10.2 Å². The first-order valence-corrected chi connectivity index (χ1v) is 13.4. The molecule has 0 aromatic heterocycles. The minimum Gasteiger partial charge on any atom is -0.457 e. The molecule has 4 rings (SSSR count). The van der Waals surface area contributed by atoms with Crippen molar-refractivity contribution in [3.63, 3.8) is 0 Å². The number of nitrogens with zero attached hydrogens (tertiary/aromatic N) is 2. The molecule has 3 N–H and O–H groups in total. The number of halogens is 1. The first-order valence-electron chi connectivity index (χ1n) is 12.5. The second-order valence-electron chi connectivity index (χ2n) is 9.49. The maximum absolute atomic E-state index is 13.3. The van der Waals surface area contributed by atoms with Gasteiger partial charge in [-0.2, -0.15) is 0 Å². The number of amidine groups is 1. The third-order valence-corrected chi connectivity index (χ3v) is 8.36. The number of nitrogens with one attached hydrogen (secondary N) is 1. The maximum atomic E-state index is 13.3. The van der Waals surface area contributed by atoms with Gasteiger partial charge in [0, 0.05) is 29.3 Å². The van der Waals surface area contributed by atoms with Gasteiger partial charge in [-0.05, 0) is 75.1 Å². The molecule has 1 saturated heterocycles. The lowest BCUT2D eigenvalue weighted by Gasteiger charge is -2.30. The largest absolute Gasteiger partial charge is 0.457 e. The number of allylic oxidation sites excluding steroid dienone is 1. The quantitative estimate of drug-likeness (QED) is 0.394. The topological polar surface area (TPSA) is 97.0 Å². The molecule has 4 atom stereocenters. The van der Waals surface area contributed by atoms with Crippen LogP contribution in [0.3, 0.4) is 0 Å². The number of nitrogens with two attached hydrogens (primary N) is 1. The molecule has 0 spiro atoms. The number of aliphatic imine (C=N–C) groups is 1. The van der Waals surface area contributed by atoms with E-state index >= 15 is 0 Å². The van der Waals surface area contributed by atoms with Gasteiger partial charge in [0.25, 0.3) is 0 Å². The van der Waals surface area contributed by atoms with Gasteiger partial charge in [0.1, 0.15) is 29.2 Å². The Kier molecular flexibility index (Phi) is 8.53. The van der Waals surface area contributed by atoms with Crippen LogP contribution in [0.4, 0.5) is 4.39 Å². The predicted octanol–water partition coefficient (Wildman–Crippen LogP) is 4.42. The van der Waals surface area contributed by atoms with E-state index in [1.54, 1.807) is 48.0 Å². The Morgan fingerprint density at radius 2 is 1.81 bits per heavy atom. The third kappa shape index (κ3) is 6.52. The molecule has 2 aliphatic rings. The molecule has 3 unspecified atom stereocenters. The van der Waals surface area contributed by atoms with E-state index in [1.165, 1.54) is 12.1 Å². The SMILES string of the molecule is CN=C(N)C1=CCC([C@@H](C)NC(=O)C2CCC(C)N2C(=O)Cc2ccc(Oc3ccc(F)cc3)cc2)S1. The number of ether oxygens (including phenoxy) is 1.